The molecule has 0 rings (SSSR count). The summed E-state index contributed by atoms with van der Waals surface area (Å²) >= 11 is 0. The quantitative estimate of drug-likeness (QED) is 0.189. The molecule has 2 N–H and O–H groups in total. The van der Waals surface area contributed by atoms with Crippen LogP contribution < -0.4 is 0 Å². The first kappa shape index (κ1) is 12.3. The van der Waals surface area contributed by atoms with Gasteiger partial charge in [-0.2, -0.15) is 0 Å². The van der Waals surface area contributed by atoms with Gasteiger partial charge in [0.25, 0.3) is 0 Å². The van der Waals surface area contributed by atoms with Crippen molar-refractivity contribution >= 4 is 16.0 Å². The molecule has 1 unspecified atom stereocenters. The molecule has 0 aliphatic carbocycles. The Kier molecular flexibility index (Phi) is 11.5. The summed E-state index contributed by atoms with van der Waals surface area (Å²) in [6.07, 6.45) is 2.76. The minimum atomic E-state index is -1.36. The van der Waals surface area contributed by atoms with Gasteiger partial charge in [0.2, 0.25) is 0 Å². The second kappa shape index (κ2) is 11.3. The van der Waals surface area contributed by atoms with Gasteiger partial charge >= 0.3 is 0 Å². The van der Waals surface area contributed by atoms with Crippen molar-refractivity contribution in [3.8, 4) is 0 Å². The summed E-state index contributed by atoms with van der Waals surface area (Å²) in [6, 6.07) is 0. The molecule has 0 spiro atoms. The molecular formula is C5H8BO4PZn. The molecule has 0 aromatic heterocycles. The van der Waals surface area contributed by atoms with Gasteiger partial charge in [0.1, 0.15) is 14.2 Å². The molecule has 0 aliphatic rings. The van der Waals surface area contributed by atoms with Gasteiger partial charge in [0.15, 0.2) is 5.76 Å². The van der Waals surface area contributed by atoms with Crippen LogP contribution >= 0.6 is 8.40 Å². The van der Waals surface area contributed by atoms with Gasteiger partial charge in [-0.05, 0) is 6.08 Å². The minimum Gasteiger partial charge on any atom is -0.342 e. The zero-order valence-electron chi connectivity index (χ0n) is 7.38. The maximum Gasteiger partial charge on any atom is 0.171 e. The van der Waals surface area contributed by atoms with Crippen LogP contribution in [0.2, 0.25) is 0 Å². The molecule has 1 atom stereocenters. The van der Waals surface area contributed by atoms with E-state index in [0.717, 1.165) is 0 Å². The molecule has 0 heterocycles. The summed E-state index contributed by atoms with van der Waals surface area (Å²) in [5, 5.41) is 16.1. The second-order valence-corrected chi connectivity index (χ2v) is 2.08. The van der Waals surface area contributed by atoms with Crippen molar-refractivity contribution in [3.63, 3.8) is 0 Å². The predicted molar refractivity (Wildman–Crippen MR) is 43.6 cm³/mol. The average Bonchev–Trinajstić information content (AvgIpc) is 2.02. The van der Waals surface area contributed by atoms with Crippen molar-refractivity contribution < 1.29 is 39.8 Å². The first-order valence-corrected chi connectivity index (χ1v) is 3.72. The van der Waals surface area contributed by atoms with E-state index in [1.165, 1.54) is 18.0 Å². The van der Waals surface area contributed by atoms with Crippen LogP contribution in [0.4, 0.5) is 0 Å². The minimum absolute atomic E-state index is 0. The summed E-state index contributed by atoms with van der Waals surface area (Å²) in [7, 11) is 3.76. The monoisotopic (exact) mass is 240 g/mol. The standard InChI is InChI=1S/C5H8BO4P.Zn/c6-11-3-1-2-5(10-8)4-9-7;/h1-3,7-8,11H,4H2;/i11T;. The Morgan fingerprint density at radius 3 is 2.75 bits per heavy atom. The van der Waals surface area contributed by atoms with Crippen molar-refractivity contribution in [3.05, 3.63) is 23.7 Å². The average molecular weight is 241 g/mol. The zero-order chi connectivity index (χ0) is 9.40. The van der Waals surface area contributed by atoms with E-state index < -0.39 is 8.40 Å². The summed E-state index contributed by atoms with van der Waals surface area (Å²) in [5.41, 5.74) is 0. The number of rotatable bonds is 5. The Balaban J connectivity index is 0. The molecule has 62 valence electrons. The maximum absolute atomic E-state index is 8.16. The second-order valence-electron chi connectivity index (χ2n) is 1.49. The van der Waals surface area contributed by atoms with Crippen LogP contribution in [-0.4, -0.2) is 26.0 Å². The van der Waals surface area contributed by atoms with Crippen molar-refractivity contribution in [1.29, 1.82) is 1.28 Å². The molecule has 0 aliphatic heterocycles. The van der Waals surface area contributed by atoms with E-state index in [0.29, 0.717) is 0 Å². The third-order valence-corrected chi connectivity index (χ3v) is 1.12. The van der Waals surface area contributed by atoms with Crippen molar-refractivity contribution in [2.45, 2.75) is 0 Å². The van der Waals surface area contributed by atoms with Gasteiger partial charge in [-0.1, -0.05) is 11.9 Å². The van der Waals surface area contributed by atoms with E-state index in [9.17, 15) is 0 Å². The van der Waals surface area contributed by atoms with Crippen LogP contribution in [0, 0.1) is 0 Å². The van der Waals surface area contributed by atoms with Gasteiger partial charge in [0, 0.05) is 19.5 Å². The Morgan fingerprint density at radius 2 is 2.33 bits per heavy atom. The molecule has 12 heavy (non-hydrogen) atoms. The summed E-state index contributed by atoms with van der Waals surface area (Å²) < 4.78 is 6.92. The predicted octanol–water partition coefficient (Wildman–Crippen LogP) is 1.12. The van der Waals surface area contributed by atoms with Crippen LogP contribution in [0.15, 0.2) is 23.7 Å². The molecule has 0 saturated heterocycles. The Hall–Kier alpha value is 0.278. The first-order valence-electron chi connectivity index (χ1n) is 3.13. The third kappa shape index (κ3) is 8.38. The van der Waals surface area contributed by atoms with Crippen molar-refractivity contribution in [2.75, 3.05) is 6.61 Å². The van der Waals surface area contributed by atoms with Gasteiger partial charge in [-0.3, -0.25) is 5.26 Å². The van der Waals surface area contributed by atoms with Crippen LogP contribution in [-0.2, 0) is 29.3 Å². The zero-order valence-corrected chi connectivity index (χ0v) is 10.2. The third-order valence-electron chi connectivity index (χ3n) is 0.778. The fourth-order valence-corrected chi connectivity index (χ4v) is 0.554. The Morgan fingerprint density at radius 1 is 1.67 bits per heavy atom. The van der Waals surface area contributed by atoms with E-state index in [1.54, 1.807) is 0 Å². The molecule has 0 amide bonds. The van der Waals surface area contributed by atoms with Crippen LogP contribution in [0.3, 0.4) is 0 Å². The van der Waals surface area contributed by atoms with Crippen LogP contribution in [0.5, 0.6) is 0 Å². The molecule has 0 aromatic rings. The van der Waals surface area contributed by atoms with E-state index in [-0.39, 0.29) is 31.8 Å². The first-order chi connectivity index (χ1) is 5.70. The fraction of sp³-hybridized carbons (Fsp3) is 0.200. The molecule has 2 radical (unpaired) electrons. The van der Waals surface area contributed by atoms with Gasteiger partial charge in [0.05, 0.1) is 1.28 Å². The van der Waals surface area contributed by atoms with E-state index in [2.05, 4.69) is 9.78 Å². The van der Waals surface area contributed by atoms with Gasteiger partial charge in [-0.25, -0.2) is 10.1 Å². The van der Waals surface area contributed by atoms with E-state index in [1.807, 2.05) is 0 Å². The molecular weight excluding hydrogens is 231 g/mol. The topological polar surface area (TPSA) is 58.9 Å². The van der Waals surface area contributed by atoms with Gasteiger partial charge in [-0.15, -0.1) is 8.40 Å². The molecule has 7 heteroatoms. The largest absolute Gasteiger partial charge is 0.342 e. The normalized spacial score (nSPS) is 15.2. The van der Waals surface area contributed by atoms with Gasteiger partial charge < -0.3 is 4.89 Å². The SMILES string of the molecule is [3H]P([B])C=CC=C(COO)OO.[Zn]. The van der Waals surface area contributed by atoms with E-state index >= 15 is 0 Å². The van der Waals surface area contributed by atoms with Crippen LogP contribution in [0.25, 0.3) is 0 Å². The molecule has 0 fully saturated rings. The summed E-state index contributed by atoms with van der Waals surface area (Å²) in [6.45, 7) is -0.263. The van der Waals surface area contributed by atoms with Crippen molar-refractivity contribution in [2.24, 2.45) is 0 Å². The summed E-state index contributed by atoms with van der Waals surface area (Å²) in [4.78, 5) is 7.49. The molecule has 0 aromatic carbocycles. The van der Waals surface area contributed by atoms with E-state index in [4.69, 9.17) is 19.4 Å². The number of hydrogen-bond donors (Lipinski definition) is 2. The Labute approximate surface area is 87.7 Å². The fourth-order valence-electron chi connectivity index (χ4n) is 0.369. The summed E-state index contributed by atoms with van der Waals surface area (Å²) in [5.74, 6) is 1.44. The Bertz CT molecular complexity index is 178. The number of allylic oxidation sites excluding steroid dienone is 2. The molecule has 0 saturated carbocycles. The molecule has 4 nitrogen and oxygen atoms in total. The molecule has 0 bridgehead atoms. The maximum atomic E-state index is 8.16. The van der Waals surface area contributed by atoms with Crippen LogP contribution in [0.1, 0.15) is 0 Å². The van der Waals surface area contributed by atoms with Crippen molar-refractivity contribution in [1.82, 2.24) is 0 Å². The number of hydrogen-bond acceptors (Lipinski definition) is 4. The smallest absolute Gasteiger partial charge is 0.171 e.